The van der Waals surface area contributed by atoms with Gasteiger partial charge in [0.25, 0.3) is 0 Å². The number of rotatable bonds is 12. The second-order valence-electron chi connectivity index (χ2n) is 11.1. The Morgan fingerprint density at radius 2 is 1.59 bits per heavy atom. The van der Waals surface area contributed by atoms with E-state index in [9.17, 15) is 14.4 Å². The first kappa shape index (κ1) is 29.6. The van der Waals surface area contributed by atoms with Gasteiger partial charge in [-0.1, -0.05) is 85.7 Å². The molecule has 0 spiro atoms. The van der Waals surface area contributed by atoms with Crippen LogP contribution in [-0.2, 0) is 19.8 Å². The van der Waals surface area contributed by atoms with Crippen LogP contribution in [0.5, 0.6) is 0 Å². The first-order valence-electron chi connectivity index (χ1n) is 12.2. The molecule has 3 N–H and O–H groups in total. The van der Waals surface area contributed by atoms with Crippen LogP contribution in [0.25, 0.3) is 0 Å². The van der Waals surface area contributed by atoms with Crippen molar-refractivity contribution in [3.63, 3.8) is 0 Å². The van der Waals surface area contributed by atoms with Gasteiger partial charge in [0.1, 0.15) is 6.04 Å². The molecule has 0 aliphatic carbocycles. The Morgan fingerprint density at radius 3 is 2.03 bits per heavy atom. The predicted molar refractivity (Wildman–Crippen MR) is 137 cm³/mol. The largest absolute Gasteiger partial charge is 0.480 e. The Morgan fingerprint density at radius 1 is 1.03 bits per heavy atom. The van der Waals surface area contributed by atoms with Crippen LogP contribution in [0.2, 0.25) is 0 Å². The monoisotopic (exact) mass is 475 g/mol. The van der Waals surface area contributed by atoms with Gasteiger partial charge in [0.2, 0.25) is 11.8 Å². The van der Waals surface area contributed by atoms with Crippen molar-refractivity contribution in [2.75, 3.05) is 20.1 Å². The zero-order chi connectivity index (χ0) is 26.3. The van der Waals surface area contributed by atoms with Crippen molar-refractivity contribution < 1.29 is 19.5 Å². The highest BCUT2D eigenvalue weighted by atomic mass is 16.4. The molecule has 2 amide bonds. The van der Waals surface area contributed by atoms with E-state index in [1.807, 2.05) is 71.9 Å². The number of nitrogens with zero attached hydrogens (tertiary/aromatic N) is 1. The Balaban J connectivity index is 3.15. The molecule has 0 saturated carbocycles. The van der Waals surface area contributed by atoms with Gasteiger partial charge in [-0.3, -0.25) is 14.4 Å². The van der Waals surface area contributed by atoms with Crippen LogP contribution >= 0.6 is 0 Å². The van der Waals surface area contributed by atoms with Crippen molar-refractivity contribution in [2.24, 2.45) is 17.3 Å². The standard InChI is InChI=1S/C27H45N3O4/c1-10-20(27(7,8)19-14-12-11-13-15-19)24(33)29-23(26(4,5)6)25(34)30(9)21(18(2)3)16-28-17-22(31)32/h11-15,18,20-21,23,28H,10,16-17H2,1-9H3,(H,29,33)(H,31,32)/t20-,21-,23-/m1/s1. The number of carboxylic acid groups (broad SMARTS) is 1. The first-order chi connectivity index (χ1) is 15.6. The van der Waals surface area contributed by atoms with E-state index < -0.39 is 22.8 Å². The third-order valence-corrected chi connectivity index (χ3v) is 6.76. The summed E-state index contributed by atoms with van der Waals surface area (Å²) in [5.74, 6) is -1.46. The molecule has 0 aromatic heterocycles. The number of carbonyl (C=O) groups excluding carboxylic acids is 2. The molecule has 0 aliphatic heterocycles. The molecular formula is C27H45N3O4. The Bertz CT molecular complexity index is 815. The lowest BCUT2D eigenvalue weighted by Gasteiger charge is -2.40. The van der Waals surface area contributed by atoms with Crippen LogP contribution in [-0.4, -0.2) is 60.0 Å². The van der Waals surface area contributed by atoms with Crippen LogP contribution < -0.4 is 10.6 Å². The summed E-state index contributed by atoms with van der Waals surface area (Å²) in [4.78, 5) is 39.8. The zero-order valence-electron chi connectivity index (χ0n) is 22.4. The summed E-state index contributed by atoms with van der Waals surface area (Å²) >= 11 is 0. The Kier molecular flexibility index (Phi) is 10.8. The summed E-state index contributed by atoms with van der Waals surface area (Å²) in [7, 11) is 1.73. The van der Waals surface area contributed by atoms with E-state index in [0.717, 1.165) is 5.56 Å². The molecule has 1 aromatic carbocycles. The van der Waals surface area contributed by atoms with Crippen molar-refractivity contribution in [1.29, 1.82) is 0 Å². The first-order valence-corrected chi connectivity index (χ1v) is 12.2. The van der Waals surface area contributed by atoms with Gasteiger partial charge in [-0.2, -0.15) is 0 Å². The fourth-order valence-electron chi connectivity index (χ4n) is 4.50. The van der Waals surface area contributed by atoms with Crippen molar-refractivity contribution in [1.82, 2.24) is 15.5 Å². The molecule has 192 valence electrons. The van der Waals surface area contributed by atoms with Crippen molar-refractivity contribution in [3.8, 4) is 0 Å². The lowest BCUT2D eigenvalue weighted by atomic mass is 9.71. The molecule has 7 heteroatoms. The van der Waals surface area contributed by atoms with Crippen molar-refractivity contribution >= 4 is 17.8 Å². The number of carboxylic acids is 1. The second kappa shape index (κ2) is 12.3. The smallest absolute Gasteiger partial charge is 0.317 e. The fraction of sp³-hybridized carbons (Fsp3) is 0.667. The number of aliphatic carboxylic acids is 1. The summed E-state index contributed by atoms with van der Waals surface area (Å²) < 4.78 is 0. The summed E-state index contributed by atoms with van der Waals surface area (Å²) in [6.45, 7) is 16.2. The van der Waals surface area contributed by atoms with E-state index in [-0.39, 0.29) is 36.2 Å². The van der Waals surface area contributed by atoms with Crippen LogP contribution in [0.4, 0.5) is 0 Å². The van der Waals surface area contributed by atoms with Crippen molar-refractivity contribution in [3.05, 3.63) is 35.9 Å². The van der Waals surface area contributed by atoms with E-state index >= 15 is 0 Å². The second-order valence-corrected chi connectivity index (χ2v) is 11.1. The maximum atomic E-state index is 13.7. The van der Waals surface area contributed by atoms with E-state index in [4.69, 9.17) is 5.11 Å². The lowest BCUT2D eigenvalue weighted by molar-refractivity contribution is -0.142. The average molecular weight is 476 g/mol. The van der Waals surface area contributed by atoms with Gasteiger partial charge in [-0.15, -0.1) is 0 Å². The maximum absolute atomic E-state index is 13.7. The molecule has 0 unspecified atom stereocenters. The molecule has 7 nitrogen and oxygen atoms in total. The average Bonchev–Trinajstić information content (AvgIpc) is 2.73. The Labute approximate surface area is 205 Å². The minimum atomic E-state index is -0.942. The van der Waals surface area contributed by atoms with Gasteiger partial charge >= 0.3 is 5.97 Å². The van der Waals surface area contributed by atoms with Gasteiger partial charge in [0, 0.05) is 31.0 Å². The fourth-order valence-corrected chi connectivity index (χ4v) is 4.50. The molecule has 0 heterocycles. The van der Waals surface area contributed by atoms with Crippen LogP contribution in [0.3, 0.4) is 0 Å². The van der Waals surface area contributed by atoms with Gasteiger partial charge in [-0.25, -0.2) is 0 Å². The number of amides is 2. The lowest BCUT2D eigenvalue weighted by Crippen LogP contribution is -2.59. The van der Waals surface area contributed by atoms with Crippen molar-refractivity contribution in [2.45, 2.75) is 79.3 Å². The summed E-state index contributed by atoms with van der Waals surface area (Å²) in [6.07, 6.45) is 0.641. The highest BCUT2D eigenvalue weighted by molar-refractivity contribution is 5.89. The minimum absolute atomic E-state index is 0.104. The van der Waals surface area contributed by atoms with Crippen LogP contribution in [0.15, 0.2) is 30.3 Å². The molecule has 0 bridgehead atoms. The highest BCUT2D eigenvalue weighted by Crippen LogP contribution is 2.34. The number of nitrogens with one attached hydrogen (secondary N) is 2. The molecule has 0 saturated heterocycles. The minimum Gasteiger partial charge on any atom is -0.480 e. The molecule has 1 rings (SSSR count). The molecule has 34 heavy (non-hydrogen) atoms. The quantitative estimate of drug-likeness (QED) is 0.428. The number of likely N-dealkylation sites (N-methyl/N-ethyl adjacent to an activating group) is 1. The molecular weight excluding hydrogens is 430 g/mol. The van der Waals surface area contributed by atoms with Crippen LogP contribution in [0, 0.1) is 17.3 Å². The number of hydrogen-bond donors (Lipinski definition) is 3. The van der Waals surface area contributed by atoms with E-state index in [0.29, 0.717) is 13.0 Å². The third-order valence-electron chi connectivity index (χ3n) is 6.76. The molecule has 0 radical (unpaired) electrons. The highest BCUT2D eigenvalue weighted by Gasteiger charge is 2.41. The Hall–Kier alpha value is -2.41. The van der Waals surface area contributed by atoms with Gasteiger partial charge in [0.15, 0.2) is 0 Å². The molecule has 1 aromatic rings. The van der Waals surface area contributed by atoms with Gasteiger partial charge in [-0.05, 0) is 23.3 Å². The predicted octanol–water partition coefficient (Wildman–Crippen LogP) is 3.68. The summed E-state index contributed by atoms with van der Waals surface area (Å²) in [5.41, 5.74) is 0.169. The normalized spacial score (nSPS) is 14.9. The number of carbonyl (C=O) groups is 3. The third kappa shape index (κ3) is 7.83. The summed E-state index contributed by atoms with van der Waals surface area (Å²) in [6, 6.07) is 9.05. The SMILES string of the molecule is CC[C@H](C(=O)N[C@H](C(=O)N(C)[C@H](CNCC(=O)O)C(C)C)C(C)(C)C)C(C)(C)c1ccccc1. The van der Waals surface area contributed by atoms with E-state index in [1.54, 1.807) is 11.9 Å². The maximum Gasteiger partial charge on any atom is 0.317 e. The summed E-state index contributed by atoms with van der Waals surface area (Å²) in [5, 5.41) is 14.9. The van der Waals surface area contributed by atoms with E-state index in [2.05, 4.69) is 24.5 Å². The molecule has 0 aliphatic rings. The number of benzene rings is 1. The van der Waals surface area contributed by atoms with Crippen LogP contribution in [0.1, 0.15) is 67.4 Å². The molecule has 3 atom stereocenters. The number of hydrogen-bond acceptors (Lipinski definition) is 4. The van der Waals surface area contributed by atoms with E-state index in [1.165, 1.54) is 0 Å². The topological polar surface area (TPSA) is 98.7 Å². The van der Waals surface area contributed by atoms with Gasteiger partial charge in [0.05, 0.1) is 6.54 Å². The molecule has 0 fully saturated rings. The van der Waals surface area contributed by atoms with Gasteiger partial charge < -0.3 is 20.6 Å². The zero-order valence-corrected chi connectivity index (χ0v) is 22.4.